The molecule has 0 aromatic rings. The van der Waals surface area contributed by atoms with Crippen molar-refractivity contribution in [3.8, 4) is 0 Å². The summed E-state index contributed by atoms with van der Waals surface area (Å²) in [5.74, 6) is -1.15. The average Bonchev–Trinajstić information content (AvgIpc) is 2.60. The molecule has 4 nitrogen and oxygen atoms in total. The van der Waals surface area contributed by atoms with Gasteiger partial charge in [0.2, 0.25) is 0 Å². The van der Waals surface area contributed by atoms with Gasteiger partial charge in [0.25, 0.3) is 0 Å². The summed E-state index contributed by atoms with van der Waals surface area (Å²) in [5.41, 5.74) is 0.573. The number of rotatable bonds is 5. The van der Waals surface area contributed by atoms with Crippen molar-refractivity contribution < 1.29 is 19.0 Å². The predicted molar refractivity (Wildman–Crippen MR) is 68.9 cm³/mol. The third kappa shape index (κ3) is 3.31. The zero-order chi connectivity index (χ0) is 13.9. The van der Waals surface area contributed by atoms with Crippen LogP contribution in [0.1, 0.15) is 20.8 Å². The second-order valence-corrected chi connectivity index (χ2v) is 4.61. The molecule has 1 saturated heterocycles. The summed E-state index contributed by atoms with van der Waals surface area (Å²) in [5, 5.41) is 0. The number of hydrogen-bond acceptors (Lipinski definition) is 4. The van der Waals surface area contributed by atoms with E-state index in [0.29, 0.717) is 5.57 Å². The van der Waals surface area contributed by atoms with Gasteiger partial charge in [-0.1, -0.05) is 25.3 Å². The molecule has 1 fully saturated rings. The van der Waals surface area contributed by atoms with Crippen molar-refractivity contribution in [2.45, 2.75) is 44.9 Å². The molecule has 3 atom stereocenters. The van der Waals surface area contributed by atoms with E-state index in [1.165, 1.54) is 6.92 Å². The quantitative estimate of drug-likeness (QED) is 0.428. The van der Waals surface area contributed by atoms with Gasteiger partial charge in [0.15, 0.2) is 11.9 Å². The fourth-order valence-electron chi connectivity index (χ4n) is 1.88. The van der Waals surface area contributed by atoms with Gasteiger partial charge in [-0.15, -0.1) is 6.58 Å². The van der Waals surface area contributed by atoms with Crippen molar-refractivity contribution in [1.82, 2.24) is 0 Å². The number of hydrogen-bond donors (Lipinski definition) is 0. The molecule has 18 heavy (non-hydrogen) atoms. The van der Waals surface area contributed by atoms with Gasteiger partial charge in [-0.05, 0) is 19.4 Å². The second-order valence-electron chi connectivity index (χ2n) is 4.61. The van der Waals surface area contributed by atoms with Crippen LogP contribution in [0, 0.1) is 0 Å². The standard InChI is InChI=1S/C14H20O4/c1-7-9(3)12(16-10(4)15)13-11(8-2)17-14(5,6)18-13/h7-8,11-13H,1-3H2,4-6H3/t11-,12-,13-/m1/s1. The lowest BCUT2D eigenvalue weighted by Gasteiger charge is -2.25. The van der Waals surface area contributed by atoms with E-state index in [1.54, 1.807) is 26.0 Å². The first-order valence-electron chi connectivity index (χ1n) is 5.77. The molecule has 0 saturated carbocycles. The molecule has 0 unspecified atom stereocenters. The van der Waals surface area contributed by atoms with Crippen LogP contribution in [0.3, 0.4) is 0 Å². The normalized spacial score (nSPS) is 27.3. The van der Waals surface area contributed by atoms with Gasteiger partial charge in [0, 0.05) is 6.92 Å². The van der Waals surface area contributed by atoms with E-state index in [1.807, 2.05) is 0 Å². The van der Waals surface area contributed by atoms with Crippen molar-refractivity contribution in [2.24, 2.45) is 0 Å². The lowest BCUT2D eigenvalue weighted by Crippen LogP contribution is -2.38. The van der Waals surface area contributed by atoms with Gasteiger partial charge in [-0.3, -0.25) is 4.79 Å². The highest BCUT2D eigenvalue weighted by molar-refractivity contribution is 5.66. The molecule has 4 heteroatoms. The molecule has 1 heterocycles. The first-order chi connectivity index (χ1) is 8.30. The first kappa shape index (κ1) is 14.7. The minimum Gasteiger partial charge on any atom is -0.455 e. The molecule has 100 valence electrons. The van der Waals surface area contributed by atoms with Crippen LogP contribution < -0.4 is 0 Å². The van der Waals surface area contributed by atoms with Crippen molar-refractivity contribution in [3.63, 3.8) is 0 Å². The highest BCUT2D eigenvalue weighted by atomic mass is 16.8. The lowest BCUT2D eigenvalue weighted by atomic mass is 10.0. The van der Waals surface area contributed by atoms with Crippen molar-refractivity contribution in [1.29, 1.82) is 0 Å². The van der Waals surface area contributed by atoms with Gasteiger partial charge < -0.3 is 14.2 Å². The van der Waals surface area contributed by atoms with E-state index in [-0.39, 0.29) is 6.10 Å². The molecule has 0 aliphatic carbocycles. The van der Waals surface area contributed by atoms with Gasteiger partial charge in [-0.25, -0.2) is 0 Å². The van der Waals surface area contributed by atoms with Crippen LogP contribution in [-0.2, 0) is 19.0 Å². The summed E-state index contributed by atoms with van der Waals surface area (Å²) >= 11 is 0. The van der Waals surface area contributed by atoms with Gasteiger partial charge in [0.1, 0.15) is 12.2 Å². The topological polar surface area (TPSA) is 44.8 Å². The molecular weight excluding hydrogens is 232 g/mol. The largest absolute Gasteiger partial charge is 0.455 e. The Labute approximate surface area is 108 Å². The summed E-state index contributed by atoms with van der Waals surface area (Å²) < 4.78 is 16.7. The van der Waals surface area contributed by atoms with E-state index in [2.05, 4.69) is 19.7 Å². The van der Waals surface area contributed by atoms with Crippen molar-refractivity contribution >= 4 is 5.97 Å². The highest BCUT2D eigenvalue weighted by Gasteiger charge is 2.45. The molecule has 0 aromatic carbocycles. The van der Waals surface area contributed by atoms with E-state index >= 15 is 0 Å². The fraction of sp³-hybridized carbons (Fsp3) is 0.500. The Kier molecular flexibility index (Phi) is 4.48. The van der Waals surface area contributed by atoms with Crippen LogP contribution in [0.4, 0.5) is 0 Å². The fourth-order valence-corrected chi connectivity index (χ4v) is 1.88. The maximum absolute atomic E-state index is 11.2. The van der Waals surface area contributed by atoms with Crippen molar-refractivity contribution in [3.05, 3.63) is 37.5 Å². The maximum atomic E-state index is 11.2. The van der Waals surface area contributed by atoms with Crippen LogP contribution in [0.5, 0.6) is 0 Å². The predicted octanol–water partition coefficient (Wildman–Crippen LogP) is 2.37. The molecular formula is C14H20O4. The van der Waals surface area contributed by atoms with Crippen molar-refractivity contribution in [2.75, 3.05) is 0 Å². The Morgan fingerprint density at radius 2 is 2.00 bits per heavy atom. The molecule has 0 amide bonds. The monoisotopic (exact) mass is 252 g/mol. The van der Waals surface area contributed by atoms with Crippen LogP contribution >= 0.6 is 0 Å². The highest BCUT2D eigenvalue weighted by Crippen LogP contribution is 2.33. The average molecular weight is 252 g/mol. The molecule has 0 bridgehead atoms. The Hall–Kier alpha value is -1.39. The van der Waals surface area contributed by atoms with Crippen LogP contribution in [0.2, 0.25) is 0 Å². The molecule has 0 N–H and O–H groups in total. The molecule has 0 aromatic heterocycles. The van der Waals surface area contributed by atoms with E-state index in [4.69, 9.17) is 14.2 Å². The summed E-state index contributed by atoms with van der Waals surface area (Å²) in [6.07, 6.45) is 1.73. The van der Waals surface area contributed by atoms with Gasteiger partial charge >= 0.3 is 5.97 Å². The summed E-state index contributed by atoms with van der Waals surface area (Å²) in [4.78, 5) is 11.2. The number of ether oxygens (including phenoxy) is 3. The third-order valence-corrected chi connectivity index (χ3v) is 2.61. The molecule has 1 rings (SSSR count). The molecule has 1 aliphatic heterocycles. The Morgan fingerprint density at radius 1 is 1.39 bits per heavy atom. The molecule has 0 spiro atoms. The Bertz CT molecular complexity index is 370. The third-order valence-electron chi connectivity index (χ3n) is 2.61. The molecule has 1 aliphatic rings. The van der Waals surface area contributed by atoms with Gasteiger partial charge in [-0.2, -0.15) is 0 Å². The second kappa shape index (κ2) is 5.50. The minimum absolute atomic E-state index is 0.360. The van der Waals surface area contributed by atoms with Crippen LogP contribution in [0.25, 0.3) is 0 Å². The van der Waals surface area contributed by atoms with Crippen LogP contribution in [0.15, 0.2) is 37.5 Å². The SMILES string of the molecule is C=CC(=C)[C@@H](OC(C)=O)[C@@H]1OC(C)(C)O[C@@H]1C=C. The number of esters is 1. The maximum Gasteiger partial charge on any atom is 0.303 e. The Balaban J connectivity index is 2.97. The number of carbonyl (C=O) groups is 1. The Morgan fingerprint density at radius 3 is 2.44 bits per heavy atom. The minimum atomic E-state index is -0.747. The lowest BCUT2D eigenvalue weighted by molar-refractivity contribution is -0.165. The van der Waals surface area contributed by atoms with E-state index in [9.17, 15) is 4.79 Å². The first-order valence-corrected chi connectivity index (χ1v) is 5.77. The van der Waals surface area contributed by atoms with Crippen LogP contribution in [-0.4, -0.2) is 30.1 Å². The summed E-state index contributed by atoms with van der Waals surface area (Å²) in [6, 6.07) is 0. The van der Waals surface area contributed by atoms with Gasteiger partial charge in [0.05, 0.1) is 0 Å². The summed E-state index contributed by atoms with van der Waals surface area (Å²) in [7, 11) is 0. The van der Waals surface area contributed by atoms with E-state index < -0.39 is 24.0 Å². The zero-order valence-electron chi connectivity index (χ0n) is 11.1. The molecule has 0 radical (unpaired) electrons. The summed E-state index contributed by atoms with van der Waals surface area (Å²) in [6.45, 7) is 16.1. The number of carbonyl (C=O) groups excluding carboxylic acids is 1. The smallest absolute Gasteiger partial charge is 0.303 e. The van der Waals surface area contributed by atoms with E-state index in [0.717, 1.165) is 0 Å². The zero-order valence-corrected chi connectivity index (χ0v) is 11.1.